The molecule has 1 saturated heterocycles. The molecule has 2 N–H and O–H groups in total. The Labute approximate surface area is 224 Å². The second kappa shape index (κ2) is 15.0. The number of ether oxygens (including phenoxy) is 1. The van der Waals surface area contributed by atoms with Gasteiger partial charge in [0.15, 0.2) is 0 Å². The van der Waals surface area contributed by atoms with Gasteiger partial charge in [0.2, 0.25) is 0 Å². The molecule has 0 radical (unpaired) electrons. The minimum absolute atomic E-state index is 0.186. The number of piperidine rings is 1. The van der Waals surface area contributed by atoms with Crippen LogP contribution in [0.25, 0.3) is 5.57 Å². The van der Waals surface area contributed by atoms with Crippen molar-refractivity contribution in [3.63, 3.8) is 0 Å². The quantitative estimate of drug-likeness (QED) is 0.310. The summed E-state index contributed by atoms with van der Waals surface area (Å²) in [6.45, 7) is 17.4. The van der Waals surface area contributed by atoms with Crippen molar-refractivity contribution < 1.29 is 9.84 Å². The lowest BCUT2D eigenvalue weighted by molar-refractivity contribution is 0.222. The van der Waals surface area contributed by atoms with Crippen LogP contribution in [0.15, 0.2) is 78.8 Å². The number of aliphatic hydroxyl groups is 1. The van der Waals surface area contributed by atoms with E-state index in [9.17, 15) is 0 Å². The maximum Gasteiger partial charge on any atom is 0.0715 e. The molecule has 37 heavy (non-hydrogen) atoms. The lowest BCUT2D eigenvalue weighted by atomic mass is 9.85. The Bertz CT molecular complexity index is 986. The molecule has 5 nitrogen and oxygen atoms in total. The molecule has 1 fully saturated rings. The van der Waals surface area contributed by atoms with Crippen LogP contribution >= 0.6 is 0 Å². The zero-order valence-corrected chi connectivity index (χ0v) is 23.2. The second-order valence-electron chi connectivity index (χ2n) is 10.2. The topological polar surface area (TPSA) is 48.0 Å². The van der Waals surface area contributed by atoms with E-state index in [1.165, 1.54) is 22.3 Å². The zero-order valence-electron chi connectivity index (χ0n) is 23.2. The summed E-state index contributed by atoms with van der Waals surface area (Å²) in [6, 6.07) is 9.18. The van der Waals surface area contributed by atoms with Gasteiger partial charge in [-0.25, -0.2) is 0 Å². The maximum absolute atomic E-state index is 9.14. The maximum atomic E-state index is 9.14. The van der Waals surface area contributed by atoms with Gasteiger partial charge < -0.3 is 25.0 Å². The van der Waals surface area contributed by atoms with Crippen LogP contribution in [0, 0.1) is 5.92 Å². The Morgan fingerprint density at radius 2 is 2.03 bits per heavy atom. The fraction of sp³-hybridized carbons (Fsp3) is 0.500. The summed E-state index contributed by atoms with van der Waals surface area (Å²) in [5.74, 6) is 0.508. The van der Waals surface area contributed by atoms with Gasteiger partial charge in [-0.3, -0.25) is 0 Å². The third kappa shape index (κ3) is 7.94. The first kappa shape index (κ1) is 29.0. The van der Waals surface area contributed by atoms with Crippen molar-refractivity contribution in [1.82, 2.24) is 15.1 Å². The molecule has 1 heterocycles. The average Bonchev–Trinajstić information content (AvgIpc) is 2.92. The standard InChI is InChI=1S/C32H47N3O2/c1-6-8-13-32(26(4)35-19-16-29(17-20-35)33-18-21-36)34(7-2)23-27-11-9-10-12-30(27)31-22-25(3)14-15-28(31)24-37-5/h7,9-13,15,22,25,29,33,36H,2,4,6,8,14,16-21,23-24H2,1,3,5H3/b32-13-. The summed E-state index contributed by atoms with van der Waals surface area (Å²) in [7, 11) is 1.77. The molecule has 1 aliphatic heterocycles. The number of unbranched alkanes of at least 4 members (excludes halogenated alkanes) is 1. The zero-order chi connectivity index (χ0) is 26.6. The van der Waals surface area contributed by atoms with Crippen LogP contribution in [0.2, 0.25) is 0 Å². The Morgan fingerprint density at radius 1 is 1.27 bits per heavy atom. The molecule has 0 amide bonds. The first-order valence-electron chi connectivity index (χ1n) is 13.9. The molecule has 1 aromatic rings. The Morgan fingerprint density at radius 3 is 2.70 bits per heavy atom. The predicted molar refractivity (Wildman–Crippen MR) is 156 cm³/mol. The molecule has 3 rings (SSSR count). The van der Waals surface area contributed by atoms with E-state index in [0.717, 1.165) is 63.1 Å². The molecule has 1 atom stereocenters. The van der Waals surface area contributed by atoms with Crippen LogP contribution in [0.3, 0.4) is 0 Å². The van der Waals surface area contributed by atoms with E-state index < -0.39 is 0 Å². The third-order valence-corrected chi connectivity index (χ3v) is 7.35. The van der Waals surface area contributed by atoms with Gasteiger partial charge in [0.1, 0.15) is 0 Å². The van der Waals surface area contributed by atoms with Crippen molar-refractivity contribution in [3.05, 3.63) is 89.9 Å². The van der Waals surface area contributed by atoms with E-state index in [1.807, 2.05) is 6.20 Å². The highest BCUT2D eigenvalue weighted by Crippen LogP contribution is 2.34. The van der Waals surface area contributed by atoms with Crippen molar-refractivity contribution in [2.24, 2.45) is 5.92 Å². The molecule has 0 aromatic heterocycles. The number of aliphatic hydroxyl groups excluding tert-OH is 1. The largest absolute Gasteiger partial charge is 0.395 e. The number of nitrogens with one attached hydrogen (secondary N) is 1. The Balaban J connectivity index is 1.83. The second-order valence-corrected chi connectivity index (χ2v) is 10.2. The molecule has 0 saturated carbocycles. The summed E-state index contributed by atoms with van der Waals surface area (Å²) in [6.07, 6.45) is 14.2. The molecule has 0 bridgehead atoms. The molecule has 1 aromatic carbocycles. The smallest absolute Gasteiger partial charge is 0.0715 e. The lowest BCUT2D eigenvalue weighted by Gasteiger charge is -2.38. The molecule has 1 aliphatic carbocycles. The van der Waals surface area contributed by atoms with Gasteiger partial charge >= 0.3 is 0 Å². The SMILES string of the molecule is C=CN(Cc1ccccc1C1=CC(C)CC=C1COC)/C(=C\CCC)C(=C)N1CCC(NCCO)CC1. The molecule has 202 valence electrons. The van der Waals surface area contributed by atoms with Crippen LogP contribution in [0.1, 0.15) is 57.1 Å². The molecule has 1 unspecified atom stereocenters. The number of rotatable bonds is 14. The van der Waals surface area contributed by atoms with Crippen molar-refractivity contribution in [3.8, 4) is 0 Å². The van der Waals surface area contributed by atoms with E-state index >= 15 is 0 Å². The van der Waals surface area contributed by atoms with E-state index in [2.05, 4.69) is 84.6 Å². The monoisotopic (exact) mass is 505 g/mol. The molecule has 2 aliphatic rings. The van der Waals surface area contributed by atoms with Gasteiger partial charge in [0.05, 0.1) is 24.6 Å². The summed E-state index contributed by atoms with van der Waals surface area (Å²) < 4.78 is 5.54. The fourth-order valence-electron chi connectivity index (χ4n) is 5.27. The Kier molecular flexibility index (Phi) is 11.7. The van der Waals surface area contributed by atoms with Gasteiger partial charge in [-0.1, -0.05) is 75.9 Å². The van der Waals surface area contributed by atoms with Crippen LogP contribution in [-0.4, -0.2) is 60.9 Å². The molecule has 5 heteroatoms. The van der Waals surface area contributed by atoms with Gasteiger partial charge in [0, 0.05) is 39.3 Å². The van der Waals surface area contributed by atoms with E-state index in [4.69, 9.17) is 9.84 Å². The average molecular weight is 506 g/mol. The minimum Gasteiger partial charge on any atom is -0.395 e. The van der Waals surface area contributed by atoms with Gasteiger partial charge in [-0.2, -0.15) is 0 Å². The fourth-order valence-corrected chi connectivity index (χ4v) is 5.27. The van der Waals surface area contributed by atoms with Crippen molar-refractivity contribution in [2.75, 3.05) is 40.0 Å². The number of likely N-dealkylation sites (tertiary alicyclic amines) is 1. The number of hydrogen-bond donors (Lipinski definition) is 2. The molecule has 0 spiro atoms. The van der Waals surface area contributed by atoms with E-state index in [1.54, 1.807) is 7.11 Å². The van der Waals surface area contributed by atoms with E-state index in [0.29, 0.717) is 25.1 Å². The third-order valence-electron chi connectivity index (χ3n) is 7.35. The number of benzene rings is 1. The summed E-state index contributed by atoms with van der Waals surface area (Å²) in [4.78, 5) is 4.67. The van der Waals surface area contributed by atoms with Gasteiger partial charge in [-0.15, -0.1) is 0 Å². The van der Waals surface area contributed by atoms with E-state index in [-0.39, 0.29) is 6.61 Å². The lowest BCUT2D eigenvalue weighted by Crippen LogP contribution is -2.43. The summed E-state index contributed by atoms with van der Waals surface area (Å²) >= 11 is 0. The van der Waals surface area contributed by atoms with Crippen LogP contribution in [0.4, 0.5) is 0 Å². The van der Waals surface area contributed by atoms with Crippen LogP contribution in [0.5, 0.6) is 0 Å². The number of hydrogen-bond acceptors (Lipinski definition) is 5. The number of nitrogens with zero attached hydrogens (tertiary/aromatic N) is 2. The number of methoxy groups -OCH3 is 1. The summed E-state index contributed by atoms with van der Waals surface area (Å²) in [5.41, 5.74) is 7.30. The molecular formula is C32H47N3O2. The highest BCUT2D eigenvalue weighted by molar-refractivity contribution is 5.82. The van der Waals surface area contributed by atoms with Crippen molar-refractivity contribution in [1.29, 1.82) is 0 Å². The van der Waals surface area contributed by atoms with Gasteiger partial charge in [-0.05, 0) is 60.1 Å². The van der Waals surface area contributed by atoms with Gasteiger partial charge in [0.25, 0.3) is 0 Å². The first-order chi connectivity index (χ1) is 18.0. The highest BCUT2D eigenvalue weighted by atomic mass is 16.5. The minimum atomic E-state index is 0.186. The molecular weight excluding hydrogens is 458 g/mol. The Hall–Kier alpha value is -2.60. The highest BCUT2D eigenvalue weighted by Gasteiger charge is 2.24. The predicted octanol–water partition coefficient (Wildman–Crippen LogP) is 5.87. The van der Waals surface area contributed by atoms with Crippen molar-refractivity contribution >= 4 is 5.57 Å². The first-order valence-corrected chi connectivity index (χ1v) is 13.9. The van der Waals surface area contributed by atoms with Crippen molar-refractivity contribution in [2.45, 2.75) is 58.5 Å². The summed E-state index contributed by atoms with van der Waals surface area (Å²) in [5, 5.41) is 12.6. The number of allylic oxidation sites excluding steroid dienone is 3. The normalized spacial score (nSPS) is 18.9. The van der Waals surface area contributed by atoms with Crippen LogP contribution < -0.4 is 5.32 Å². The van der Waals surface area contributed by atoms with Crippen LogP contribution in [-0.2, 0) is 11.3 Å².